The first-order chi connectivity index (χ1) is 16.2. The SMILES string of the molecule is O=c1oc2cc(NN3CCCC3)ccc2n1CCCCN1CCN(c2ccc(F)cc2)CC1. The van der Waals surface area contributed by atoms with Crippen molar-refractivity contribution < 1.29 is 8.81 Å². The summed E-state index contributed by atoms with van der Waals surface area (Å²) in [4.78, 5) is 17.2. The second kappa shape index (κ2) is 9.97. The average molecular weight is 454 g/mol. The third kappa shape index (κ3) is 5.23. The molecule has 1 N–H and O–H groups in total. The highest BCUT2D eigenvalue weighted by Crippen LogP contribution is 2.21. The third-order valence-corrected chi connectivity index (χ3v) is 6.73. The van der Waals surface area contributed by atoms with Crippen molar-refractivity contribution in [1.29, 1.82) is 0 Å². The molecule has 0 radical (unpaired) electrons. The number of aromatic nitrogens is 1. The Labute approximate surface area is 193 Å². The van der Waals surface area contributed by atoms with Crippen LogP contribution in [0.15, 0.2) is 51.7 Å². The molecule has 176 valence electrons. The van der Waals surface area contributed by atoms with Gasteiger partial charge in [0, 0.05) is 57.6 Å². The van der Waals surface area contributed by atoms with E-state index in [0.29, 0.717) is 12.1 Å². The first-order valence-corrected chi connectivity index (χ1v) is 12.0. The van der Waals surface area contributed by atoms with Crippen LogP contribution in [0.2, 0.25) is 0 Å². The van der Waals surface area contributed by atoms with Crippen LogP contribution >= 0.6 is 0 Å². The number of piperazine rings is 1. The Morgan fingerprint density at radius 3 is 2.36 bits per heavy atom. The predicted octanol–water partition coefficient (Wildman–Crippen LogP) is 3.76. The number of halogens is 1. The number of nitrogens with one attached hydrogen (secondary N) is 1. The molecule has 0 atom stereocenters. The zero-order valence-electron chi connectivity index (χ0n) is 19.0. The molecule has 2 aliphatic heterocycles. The van der Waals surface area contributed by atoms with E-state index in [1.165, 1.54) is 25.0 Å². The maximum Gasteiger partial charge on any atom is 0.419 e. The van der Waals surface area contributed by atoms with E-state index in [1.54, 1.807) is 4.57 Å². The summed E-state index contributed by atoms with van der Waals surface area (Å²) in [6.45, 7) is 7.68. The molecule has 2 aliphatic rings. The maximum absolute atomic E-state index is 13.1. The number of hydrogen-bond acceptors (Lipinski definition) is 6. The minimum atomic E-state index is -0.281. The molecule has 2 aromatic carbocycles. The molecule has 0 spiro atoms. The van der Waals surface area contributed by atoms with Crippen LogP contribution < -0.4 is 16.1 Å². The molecular weight excluding hydrogens is 421 g/mol. The molecule has 0 amide bonds. The number of hydrogen-bond donors (Lipinski definition) is 1. The fourth-order valence-corrected chi connectivity index (χ4v) is 4.85. The highest BCUT2D eigenvalue weighted by molar-refractivity contribution is 5.77. The number of oxazole rings is 1. The number of benzene rings is 2. The first kappa shape index (κ1) is 22.0. The smallest absolute Gasteiger partial charge is 0.408 e. The van der Waals surface area contributed by atoms with Gasteiger partial charge in [-0.3, -0.25) is 9.47 Å². The Morgan fingerprint density at radius 2 is 1.61 bits per heavy atom. The highest BCUT2D eigenvalue weighted by atomic mass is 19.1. The van der Waals surface area contributed by atoms with Crippen LogP contribution in [0.1, 0.15) is 25.7 Å². The monoisotopic (exact) mass is 453 g/mol. The van der Waals surface area contributed by atoms with Crippen LogP contribution in [-0.2, 0) is 6.54 Å². The van der Waals surface area contributed by atoms with Gasteiger partial charge in [0.25, 0.3) is 0 Å². The molecule has 1 aromatic heterocycles. The molecule has 33 heavy (non-hydrogen) atoms. The lowest BCUT2D eigenvalue weighted by Crippen LogP contribution is -2.46. The minimum absolute atomic E-state index is 0.193. The van der Waals surface area contributed by atoms with Crippen molar-refractivity contribution in [1.82, 2.24) is 14.5 Å². The van der Waals surface area contributed by atoms with Gasteiger partial charge >= 0.3 is 5.76 Å². The van der Waals surface area contributed by atoms with Crippen LogP contribution in [-0.4, -0.2) is 60.3 Å². The molecule has 0 bridgehead atoms. The van der Waals surface area contributed by atoms with E-state index in [1.807, 2.05) is 30.3 Å². The Bertz CT molecular complexity index is 1110. The molecule has 0 aliphatic carbocycles. The van der Waals surface area contributed by atoms with Crippen LogP contribution in [0.3, 0.4) is 0 Å². The summed E-state index contributed by atoms with van der Waals surface area (Å²) < 4.78 is 20.4. The molecule has 7 nitrogen and oxygen atoms in total. The Morgan fingerprint density at radius 1 is 0.879 bits per heavy atom. The predicted molar refractivity (Wildman–Crippen MR) is 129 cm³/mol. The minimum Gasteiger partial charge on any atom is -0.408 e. The summed E-state index contributed by atoms with van der Waals surface area (Å²) in [5, 5.41) is 2.20. The average Bonchev–Trinajstić information content (AvgIpc) is 3.44. The maximum atomic E-state index is 13.1. The van der Waals surface area contributed by atoms with Crippen LogP contribution in [0.4, 0.5) is 15.8 Å². The van der Waals surface area contributed by atoms with Crippen molar-refractivity contribution in [3.05, 3.63) is 58.8 Å². The largest absolute Gasteiger partial charge is 0.419 e. The summed E-state index contributed by atoms with van der Waals surface area (Å²) in [5.41, 5.74) is 6.95. The molecule has 3 heterocycles. The lowest BCUT2D eigenvalue weighted by molar-refractivity contribution is 0.251. The van der Waals surface area contributed by atoms with E-state index in [0.717, 1.165) is 75.5 Å². The van der Waals surface area contributed by atoms with E-state index in [4.69, 9.17) is 4.42 Å². The first-order valence-electron chi connectivity index (χ1n) is 12.0. The molecule has 3 aromatic rings. The Hall–Kier alpha value is -2.84. The molecular formula is C25H32FN5O2. The molecule has 0 saturated carbocycles. The van der Waals surface area contributed by atoms with E-state index >= 15 is 0 Å². The van der Waals surface area contributed by atoms with E-state index < -0.39 is 0 Å². The van der Waals surface area contributed by atoms with Gasteiger partial charge in [-0.05, 0) is 68.6 Å². The van der Waals surface area contributed by atoms with Crippen molar-refractivity contribution in [3.8, 4) is 0 Å². The number of nitrogens with zero attached hydrogens (tertiary/aromatic N) is 4. The third-order valence-electron chi connectivity index (χ3n) is 6.73. The van der Waals surface area contributed by atoms with Gasteiger partial charge in [-0.25, -0.2) is 14.2 Å². The van der Waals surface area contributed by atoms with Gasteiger partial charge in [-0.2, -0.15) is 0 Å². The summed E-state index contributed by atoms with van der Waals surface area (Å²) in [7, 11) is 0. The van der Waals surface area contributed by atoms with Gasteiger partial charge in [0.2, 0.25) is 0 Å². The van der Waals surface area contributed by atoms with Gasteiger partial charge in [-0.15, -0.1) is 0 Å². The normalized spacial score (nSPS) is 17.8. The highest BCUT2D eigenvalue weighted by Gasteiger charge is 2.17. The summed E-state index contributed by atoms with van der Waals surface area (Å²) in [5.74, 6) is -0.475. The van der Waals surface area contributed by atoms with Gasteiger partial charge in [0.1, 0.15) is 5.82 Å². The zero-order valence-corrected chi connectivity index (χ0v) is 19.0. The van der Waals surface area contributed by atoms with Crippen molar-refractivity contribution in [2.45, 2.75) is 32.2 Å². The van der Waals surface area contributed by atoms with Crippen molar-refractivity contribution in [2.75, 3.05) is 56.1 Å². The molecule has 2 fully saturated rings. The van der Waals surface area contributed by atoms with E-state index in [9.17, 15) is 9.18 Å². The van der Waals surface area contributed by atoms with Crippen molar-refractivity contribution in [2.24, 2.45) is 0 Å². The fraction of sp³-hybridized carbons (Fsp3) is 0.480. The molecule has 5 rings (SSSR count). The lowest BCUT2D eigenvalue weighted by Gasteiger charge is -2.36. The second-order valence-electron chi connectivity index (χ2n) is 9.02. The van der Waals surface area contributed by atoms with Gasteiger partial charge < -0.3 is 14.7 Å². The standard InChI is InChI=1S/C25H32FN5O2/c26-20-5-8-22(9-6-20)29-17-15-28(16-18-29)11-1-4-14-31-23-10-7-21(19-24(23)33-25(31)32)27-30-12-2-3-13-30/h5-10,19,27H,1-4,11-18H2. The van der Waals surface area contributed by atoms with Gasteiger partial charge in [0.15, 0.2) is 5.58 Å². The van der Waals surface area contributed by atoms with E-state index in [-0.39, 0.29) is 11.6 Å². The number of hydrazine groups is 1. The van der Waals surface area contributed by atoms with Crippen LogP contribution in [0.5, 0.6) is 0 Å². The lowest BCUT2D eigenvalue weighted by atomic mass is 10.2. The van der Waals surface area contributed by atoms with Crippen LogP contribution in [0.25, 0.3) is 11.1 Å². The number of aryl methyl sites for hydroxylation is 1. The second-order valence-corrected chi connectivity index (χ2v) is 9.02. The summed E-state index contributed by atoms with van der Waals surface area (Å²) >= 11 is 0. The van der Waals surface area contributed by atoms with E-state index in [2.05, 4.69) is 20.2 Å². The Balaban J connectivity index is 1.09. The molecule has 0 unspecified atom stereocenters. The van der Waals surface area contributed by atoms with Crippen LogP contribution in [0, 0.1) is 5.82 Å². The van der Waals surface area contributed by atoms with Crippen molar-refractivity contribution >= 4 is 22.5 Å². The number of unbranched alkanes of at least 4 members (excludes halogenated alkanes) is 1. The molecule has 8 heteroatoms. The summed E-state index contributed by atoms with van der Waals surface area (Å²) in [6, 6.07) is 12.7. The number of anilines is 2. The topological polar surface area (TPSA) is 56.9 Å². The van der Waals surface area contributed by atoms with Gasteiger partial charge in [0.05, 0.1) is 11.2 Å². The number of fused-ring (bicyclic) bond motifs is 1. The fourth-order valence-electron chi connectivity index (χ4n) is 4.85. The van der Waals surface area contributed by atoms with Gasteiger partial charge in [-0.1, -0.05) is 0 Å². The van der Waals surface area contributed by atoms with Crippen molar-refractivity contribution in [3.63, 3.8) is 0 Å². The zero-order chi connectivity index (χ0) is 22.6. The summed E-state index contributed by atoms with van der Waals surface area (Å²) in [6.07, 6.45) is 4.39. The quantitative estimate of drug-likeness (QED) is 0.524. The Kier molecular flexibility index (Phi) is 6.64. The molecule has 2 saturated heterocycles. The number of rotatable bonds is 8.